The maximum absolute atomic E-state index is 2.88. The molecular formula is C26H44NSiTi. The minimum atomic E-state index is -1.44. The van der Waals surface area contributed by atoms with E-state index in [2.05, 4.69) is 81.5 Å². The Kier molecular flexibility index (Phi) is 10.7. The molecule has 29 heavy (non-hydrogen) atoms. The first-order valence-corrected chi connectivity index (χ1v) is 18.1. The van der Waals surface area contributed by atoms with E-state index >= 15 is 0 Å². The summed E-state index contributed by atoms with van der Waals surface area (Å²) in [7, 11) is 2.21. The van der Waals surface area contributed by atoms with Crippen molar-refractivity contribution in [1.29, 1.82) is 0 Å². The first kappa shape index (κ1) is 24.9. The summed E-state index contributed by atoms with van der Waals surface area (Å²) < 4.78 is 3.23. The third-order valence-electron chi connectivity index (χ3n) is 7.06. The van der Waals surface area contributed by atoms with Gasteiger partial charge >= 0.3 is 190 Å². The van der Waals surface area contributed by atoms with Crippen molar-refractivity contribution in [3.8, 4) is 0 Å². The number of benzene rings is 1. The first-order chi connectivity index (χ1) is 13.9. The molecule has 1 aliphatic carbocycles. The molecule has 0 fully saturated rings. The van der Waals surface area contributed by atoms with E-state index in [1.54, 1.807) is 16.3 Å². The van der Waals surface area contributed by atoms with Gasteiger partial charge in [-0.1, -0.05) is 0 Å². The van der Waals surface area contributed by atoms with Crippen molar-refractivity contribution in [1.82, 2.24) is 3.38 Å². The normalized spacial score (nSPS) is 19.6. The number of rotatable bonds is 13. The second-order valence-corrected chi connectivity index (χ2v) is 19.1. The molecule has 1 unspecified atom stereocenters. The maximum atomic E-state index is 2.88. The van der Waals surface area contributed by atoms with Crippen molar-refractivity contribution in [3.63, 3.8) is 0 Å². The summed E-state index contributed by atoms with van der Waals surface area (Å²) in [6.45, 7) is 13.2. The predicted octanol–water partition coefficient (Wildman–Crippen LogP) is 6.48. The second kappa shape index (κ2) is 12.4. The van der Waals surface area contributed by atoms with Crippen LogP contribution in [0.5, 0.6) is 0 Å². The Hall–Kier alpha value is -0.409. The number of allylic oxidation sites excluding steroid dienone is 4. The fraction of sp³-hybridized carbons (Fsp3) is 0.615. The molecule has 1 aromatic rings. The molecule has 3 heteroatoms. The van der Waals surface area contributed by atoms with Gasteiger partial charge in [-0.15, -0.1) is 0 Å². The van der Waals surface area contributed by atoms with E-state index in [9.17, 15) is 0 Å². The van der Waals surface area contributed by atoms with Crippen LogP contribution in [0.25, 0.3) is 0 Å². The summed E-state index contributed by atoms with van der Waals surface area (Å²) in [5.74, 6) is 0. The zero-order valence-electron chi connectivity index (χ0n) is 20.0. The Morgan fingerprint density at radius 3 is 2.03 bits per heavy atom. The molecule has 0 N–H and O–H groups in total. The quantitative estimate of drug-likeness (QED) is 0.248. The van der Waals surface area contributed by atoms with Crippen molar-refractivity contribution in [3.05, 3.63) is 53.1 Å². The Labute approximate surface area is 189 Å². The van der Waals surface area contributed by atoms with Crippen LogP contribution in [0.1, 0.15) is 86.0 Å². The van der Waals surface area contributed by atoms with Crippen LogP contribution in [0.3, 0.4) is 0 Å². The number of unbranched alkanes of at least 4 members (excludes halogenated alkanes) is 7. The first-order valence-electron chi connectivity index (χ1n) is 11.9. The van der Waals surface area contributed by atoms with Gasteiger partial charge in [0.1, 0.15) is 0 Å². The average Bonchev–Trinajstić information content (AvgIpc) is 2.92. The summed E-state index contributed by atoms with van der Waals surface area (Å²) in [6.07, 6.45) is 13.9. The molecule has 0 aromatic heterocycles. The molecule has 0 amide bonds. The van der Waals surface area contributed by atoms with Crippen LogP contribution in [0.2, 0.25) is 3.72 Å². The van der Waals surface area contributed by atoms with Gasteiger partial charge in [0.25, 0.3) is 0 Å². The molecule has 0 saturated heterocycles. The summed E-state index contributed by atoms with van der Waals surface area (Å²) in [4.78, 5) is 0. The van der Waals surface area contributed by atoms with Crippen molar-refractivity contribution >= 4 is 12.6 Å². The van der Waals surface area contributed by atoms with Crippen LogP contribution in [-0.4, -0.2) is 24.4 Å². The van der Waals surface area contributed by atoms with E-state index in [4.69, 9.17) is 0 Å². The molecule has 1 atom stereocenters. The van der Waals surface area contributed by atoms with Gasteiger partial charge < -0.3 is 0 Å². The van der Waals surface area contributed by atoms with Crippen molar-refractivity contribution in [2.45, 2.75) is 89.7 Å². The summed E-state index contributed by atoms with van der Waals surface area (Å²) in [5, 5.41) is 1.66. The van der Waals surface area contributed by atoms with Gasteiger partial charge in [-0.3, -0.25) is 0 Å². The molecule has 0 spiro atoms. The van der Waals surface area contributed by atoms with Gasteiger partial charge in [0.2, 0.25) is 0 Å². The van der Waals surface area contributed by atoms with E-state index in [0.29, 0.717) is 3.72 Å². The van der Waals surface area contributed by atoms with Gasteiger partial charge in [0.15, 0.2) is 0 Å². The standard InChI is InChI=1S/C11H24N.C9H13.C6H7Si.Ti/c1-3-4-5-6-7-8-9-10-11-12-2;1-6-5-7(2)9(4)8(6)3;7-6-4-2-1-3-5-6;/h3-11H2,1-2H3;5H,1-4H3;1-5H,7H2;/q-1;;;+1. The molecule has 0 aliphatic heterocycles. The van der Waals surface area contributed by atoms with Crippen molar-refractivity contribution in [2.75, 3.05) is 13.6 Å². The monoisotopic (exact) mass is 446 g/mol. The van der Waals surface area contributed by atoms with Gasteiger partial charge in [0.05, 0.1) is 0 Å². The molecule has 0 bridgehead atoms. The second-order valence-electron chi connectivity index (χ2n) is 9.29. The van der Waals surface area contributed by atoms with Gasteiger partial charge in [-0.05, 0) is 0 Å². The van der Waals surface area contributed by atoms with E-state index in [0.717, 1.165) is 0 Å². The molecule has 161 valence electrons. The molecule has 1 aliphatic rings. The number of nitrogens with zero attached hydrogens (tertiary/aromatic N) is 1. The van der Waals surface area contributed by atoms with Crippen LogP contribution < -0.4 is 5.19 Å². The Morgan fingerprint density at radius 1 is 0.897 bits per heavy atom. The van der Waals surface area contributed by atoms with Crippen molar-refractivity contribution in [2.24, 2.45) is 0 Å². The van der Waals surface area contributed by atoms with Crippen LogP contribution in [0.4, 0.5) is 0 Å². The van der Waals surface area contributed by atoms with E-state index in [-0.39, 0.29) is 7.39 Å². The van der Waals surface area contributed by atoms with Gasteiger partial charge in [0, 0.05) is 0 Å². The Morgan fingerprint density at radius 2 is 1.48 bits per heavy atom. The fourth-order valence-electron chi connectivity index (χ4n) is 4.76. The fourth-order valence-corrected chi connectivity index (χ4v) is 17.8. The molecule has 1 aromatic carbocycles. The molecule has 1 nitrogen and oxygen atoms in total. The average molecular weight is 447 g/mol. The topological polar surface area (TPSA) is 3.24 Å². The van der Waals surface area contributed by atoms with Crippen molar-refractivity contribution < 1.29 is 17.4 Å². The van der Waals surface area contributed by atoms with Crippen LogP contribution in [-0.2, 0) is 17.4 Å². The van der Waals surface area contributed by atoms with Gasteiger partial charge in [-0.2, -0.15) is 0 Å². The van der Waals surface area contributed by atoms with Gasteiger partial charge in [-0.25, -0.2) is 0 Å². The third kappa shape index (κ3) is 7.06. The van der Waals surface area contributed by atoms with E-state index < -0.39 is 17.4 Å². The van der Waals surface area contributed by atoms with Crippen LogP contribution >= 0.6 is 0 Å². The zero-order chi connectivity index (χ0) is 21.3. The predicted molar refractivity (Wildman–Crippen MR) is 130 cm³/mol. The number of hydrogen-bond acceptors (Lipinski definition) is 1. The summed E-state index contributed by atoms with van der Waals surface area (Å²) in [5.41, 5.74) is 4.74. The third-order valence-corrected chi connectivity index (χ3v) is 21.5. The summed E-state index contributed by atoms with van der Waals surface area (Å²) >= 11 is -1.44. The Bertz CT molecular complexity index is 681. The summed E-state index contributed by atoms with van der Waals surface area (Å²) in [6, 6.07) is 11.4. The molecule has 0 heterocycles. The molecule has 0 saturated carbocycles. The molecule has 2 rings (SSSR count). The van der Waals surface area contributed by atoms with E-state index in [1.807, 2.05) is 0 Å². The minimum absolute atomic E-state index is 0.248. The van der Waals surface area contributed by atoms with Crippen LogP contribution in [0.15, 0.2) is 53.1 Å². The number of hydrogen-bond donors (Lipinski definition) is 0. The van der Waals surface area contributed by atoms with Crippen LogP contribution in [0, 0.1) is 0 Å². The SMILES string of the molecule is CCCCCCCCCC[N](C)[Ti]([SiH2]c1ccccc1)[C]1(C)C=C(C)C(C)=C1C. The zero-order valence-corrected chi connectivity index (χ0v) is 23.0. The molecular weight excluding hydrogens is 402 g/mol. The van der Waals surface area contributed by atoms with E-state index in [1.165, 1.54) is 63.5 Å². The molecule has 0 radical (unpaired) electrons. The Balaban J connectivity index is 1.99.